The predicted molar refractivity (Wildman–Crippen MR) is 176 cm³/mol. The lowest BCUT2D eigenvalue weighted by Crippen LogP contribution is -2.55. The molecule has 12 nitrogen and oxygen atoms in total. The number of carbonyl (C=O) groups is 4. The average molecular weight is 666 g/mol. The lowest BCUT2D eigenvalue weighted by atomic mass is 9.68. The summed E-state index contributed by atoms with van der Waals surface area (Å²) in [6.07, 6.45) is 8.33. The molecule has 7 atom stereocenters. The molecule has 0 aromatic heterocycles. The molecular formula is C35H59N3O9. The van der Waals surface area contributed by atoms with E-state index in [-0.39, 0.29) is 73.4 Å². The fourth-order valence-electron chi connectivity index (χ4n) is 6.80. The third kappa shape index (κ3) is 12.1. The zero-order valence-corrected chi connectivity index (χ0v) is 29.4. The summed E-state index contributed by atoms with van der Waals surface area (Å²) in [5.41, 5.74) is 5.60. The van der Waals surface area contributed by atoms with Gasteiger partial charge in [-0.25, -0.2) is 4.79 Å². The number of nitrogens with two attached hydrogens (primary N) is 1. The minimum Gasteiger partial charge on any atom is -0.460 e. The molecule has 2 amide bonds. The number of nitrogens with one attached hydrogen (secondary N) is 2. The number of hydrogen-bond acceptors (Lipinski definition) is 10. The first-order valence-electron chi connectivity index (χ1n) is 17.4. The van der Waals surface area contributed by atoms with Crippen LogP contribution in [0.1, 0.15) is 98.8 Å². The molecule has 0 bridgehead atoms. The maximum Gasteiger partial charge on any atom is 0.407 e. The molecule has 0 aromatic rings. The largest absolute Gasteiger partial charge is 0.460 e. The van der Waals surface area contributed by atoms with Crippen LogP contribution in [0.15, 0.2) is 11.6 Å². The van der Waals surface area contributed by atoms with E-state index in [0.29, 0.717) is 26.0 Å². The van der Waals surface area contributed by atoms with Gasteiger partial charge in [-0.15, -0.1) is 0 Å². The molecule has 12 heteroatoms. The van der Waals surface area contributed by atoms with Gasteiger partial charge in [-0.3, -0.25) is 14.4 Å². The number of unbranched alkanes of at least 4 members (excludes halogenated alkanes) is 4. The number of Topliss-reactive ketones (excluding diaryl/α,β-unsaturated/α-hetero) is 1. The van der Waals surface area contributed by atoms with Gasteiger partial charge in [0.15, 0.2) is 0 Å². The molecule has 2 heterocycles. The zero-order valence-electron chi connectivity index (χ0n) is 29.4. The molecular weight excluding hydrogens is 606 g/mol. The van der Waals surface area contributed by atoms with Gasteiger partial charge >= 0.3 is 12.1 Å². The van der Waals surface area contributed by atoms with Gasteiger partial charge in [-0.1, -0.05) is 44.8 Å². The monoisotopic (exact) mass is 665 g/mol. The number of primary amides is 1. The van der Waals surface area contributed by atoms with E-state index < -0.39 is 23.7 Å². The number of epoxide rings is 2. The molecule has 3 fully saturated rings. The smallest absolute Gasteiger partial charge is 0.407 e. The molecule has 2 saturated heterocycles. The van der Waals surface area contributed by atoms with Crippen molar-refractivity contribution in [2.45, 2.75) is 128 Å². The van der Waals surface area contributed by atoms with Crippen molar-refractivity contribution in [3.8, 4) is 0 Å². The Morgan fingerprint density at radius 2 is 1.77 bits per heavy atom. The Bertz CT molecular complexity index is 1090. The van der Waals surface area contributed by atoms with E-state index in [4.69, 9.17) is 29.4 Å². The Balaban J connectivity index is 1.35. The quantitative estimate of drug-likeness (QED) is 0.0665. The van der Waals surface area contributed by atoms with Crippen LogP contribution in [0, 0.1) is 17.8 Å². The zero-order chi connectivity index (χ0) is 34.6. The highest BCUT2D eigenvalue weighted by Crippen LogP contribution is 2.59. The van der Waals surface area contributed by atoms with E-state index in [0.717, 1.165) is 44.9 Å². The second-order valence-electron chi connectivity index (χ2n) is 14.3. The first kappa shape index (κ1) is 38.9. The van der Waals surface area contributed by atoms with Gasteiger partial charge in [0.1, 0.15) is 29.2 Å². The van der Waals surface area contributed by atoms with Crippen LogP contribution in [0.5, 0.6) is 0 Å². The Morgan fingerprint density at radius 1 is 1.06 bits per heavy atom. The molecule has 0 aromatic carbocycles. The number of rotatable bonds is 22. The summed E-state index contributed by atoms with van der Waals surface area (Å²) in [5, 5.41) is 5.51. The number of allylic oxidation sites excluding steroid dienone is 1. The number of carbonyl (C=O) groups excluding carboxylic acids is 4. The summed E-state index contributed by atoms with van der Waals surface area (Å²) in [6, 6.07) is 0. The van der Waals surface area contributed by atoms with E-state index in [1.54, 1.807) is 7.11 Å². The predicted octanol–water partition coefficient (Wildman–Crippen LogP) is 3.98. The van der Waals surface area contributed by atoms with E-state index in [9.17, 15) is 19.2 Å². The highest BCUT2D eigenvalue weighted by Gasteiger charge is 2.72. The fourth-order valence-corrected chi connectivity index (χ4v) is 6.80. The van der Waals surface area contributed by atoms with E-state index >= 15 is 0 Å². The Morgan fingerprint density at radius 3 is 2.40 bits per heavy atom. The summed E-state index contributed by atoms with van der Waals surface area (Å²) in [7, 11) is 1.67. The van der Waals surface area contributed by atoms with Crippen molar-refractivity contribution < 1.29 is 42.9 Å². The highest BCUT2D eigenvalue weighted by atomic mass is 16.6. The second-order valence-corrected chi connectivity index (χ2v) is 14.3. The van der Waals surface area contributed by atoms with Gasteiger partial charge in [0, 0.05) is 26.0 Å². The third-order valence-electron chi connectivity index (χ3n) is 9.84. The van der Waals surface area contributed by atoms with Crippen LogP contribution >= 0.6 is 0 Å². The lowest BCUT2D eigenvalue weighted by Gasteiger charge is -2.42. The van der Waals surface area contributed by atoms with Crippen LogP contribution < -0.4 is 16.4 Å². The minimum atomic E-state index is -0.497. The van der Waals surface area contributed by atoms with Crippen molar-refractivity contribution in [2.75, 3.05) is 40.0 Å². The molecule has 4 N–H and O–H groups in total. The van der Waals surface area contributed by atoms with E-state index in [1.807, 2.05) is 13.8 Å². The molecule has 0 radical (unpaired) electrons. The number of esters is 1. The number of methoxy groups -OCH3 is 1. The normalized spacial score (nSPS) is 28.4. The molecule has 2 aliphatic heterocycles. The maximum absolute atomic E-state index is 13.2. The summed E-state index contributed by atoms with van der Waals surface area (Å²) in [6.45, 7) is 11.7. The SMILES string of the molecule is COC1C(OC(=O)C[C@@H](COC(=O)NCCCCCCCC(=O)CNCC(N)=O)C(C)C)CC[C@]2(CO2)C1C1(C)O[C@@H]1CC=C(C)C. The van der Waals surface area contributed by atoms with Crippen LogP contribution in [0.4, 0.5) is 4.79 Å². The van der Waals surface area contributed by atoms with E-state index in [1.165, 1.54) is 5.57 Å². The third-order valence-corrected chi connectivity index (χ3v) is 9.84. The molecule has 1 saturated carbocycles. The average Bonchev–Trinajstić information content (AvgIpc) is 3.92. The van der Waals surface area contributed by atoms with Gasteiger partial charge in [-0.05, 0) is 58.8 Å². The molecule has 3 aliphatic rings. The van der Waals surface area contributed by atoms with Gasteiger partial charge in [0.05, 0.1) is 44.7 Å². The number of amides is 2. The van der Waals surface area contributed by atoms with Crippen molar-refractivity contribution in [3.63, 3.8) is 0 Å². The molecule has 3 rings (SSSR count). The second kappa shape index (κ2) is 18.3. The van der Waals surface area contributed by atoms with Crippen LogP contribution in [-0.4, -0.2) is 93.2 Å². The van der Waals surface area contributed by atoms with E-state index in [2.05, 4.69) is 37.5 Å². The maximum atomic E-state index is 13.2. The van der Waals surface area contributed by atoms with Gasteiger partial charge in [0.25, 0.3) is 0 Å². The summed E-state index contributed by atoms with van der Waals surface area (Å²) >= 11 is 0. The lowest BCUT2D eigenvalue weighted by molar-refractivity contribution is -0.173. The van der Waals surface area contributed by atoms with Crippen molar-refractivity contribution >= 4 is 23.8 Å². The summed E-state index contributed by atoms with van der Waals surface area (Å²) in [5.74, 6) is -0.853. The van der Waals surface area contributed by atoms with Crippen molar-refractivity contribution in [1.82, 2.24) is 10.6 Å². The summed E-state index contributed by atoms with van der Waals surface area (Å²) < 4.78 is 29.8. The molecule has 268 valence electrons. The minimum absolute atomic E-state index is 0.00692. The molecule has 1 aliphatic carbocycles. The Hall–Kier alpha value is -2.54. The number of ketones is 1. The van der Waals surface area contributed by atoms with Gasteiger partial charge in [-0.2, -0.15) is 0 Å². The van der Waals surface area contributed by atoms with Crippen molar-refractivity contribution in [1.29, 1.82) is 0 Å². The first-order valence-corrected chi connectivity index (χ1v) is 17.4. The molecule has 4 unspecified atom stereocenters. The van der Waals surface area contributed by atoms with Crippen molar-refractivity contribution in [2.24, 2.45) is 23.5 Å². The summed E-state index contributed by atoms with van der Waals surface area (Å²) in [4.78, 5) is 48.0. The standard InChI is InChI=1S/C35H59N3O9/c1-23(2)13-14-28-34(5,47-28)32-31(43-6)27(15-16-35(32)22-45-35)46-30(41)18-25(24(3)4)21-44-33(42)38-17-11-9-7-8-10-12-26(39)19-37-20-29(36)40/h13,24-25,27-28,31-32,37H,7-12,14-22H2,1-6H3,(H2,36,40)(H,38,42)/t25-,27?,28+,31?,32?,34?,35-/m0/s1. The van der Waals surface area contributed by atoms with Crippen LogP contribution in [-0.2, 0) is 38.1 Å². The molecule has 47 heavy (non-hydrogen) atoms. The van der Waals surface area contributed by atoms with Gasteiger partial charge < -0.3 is 40.1 Å². The Labute approximate surface area is 280 Å². The van der Waals surface area contributed by atoms with Crippen LogP contribution in [0.2, 0.25) is 0 Å². The highest BCUT2D eigenvalue weighted by molar-refractivity contribution is 5.81. The molecule has 1 spiro atoms. The first-order chi connectivity index (χ1) is 22.3. The number of alkyl carbamates (subject to hydrolysis) is 1. The topological polar surface area (TPSA) is 171 Å². The Kier molecular flexibility index (Phi) is 15.1. The van der Waals surface area contributed by atoms with Crippen LogP contribution in [0.3, 0.4) is 0 Å². The van der Waals surface area contributed by atoms with Gasteiger partial charge in [0.2, 0.25) is 5.91 Å². The fraction of sp³-hybridized carbons (Fsp3) is 0.829. The van der Waals surface area contributed by atoms with Crippen molar-refractivity contribution in [3.05, 3.63) is 11.6 Å². The number of ether oxygens (including phenoxy) is 5. The number of hydrogen-bond donors (Lipinski definition) is 3. The van der Waals surface area contributed by atoms with Crippen LogP contribution in [0.25, 0.3) is 0 Å².